The Morgan fingerprint density at radius 1 is 1.50 bits per heavy atom. The first-order valence-corrected chi connectivity index (χ1v) is 4.29. The number of carbonyl (C=O) groups excluding carboxylic acids is 1. The average Bonchev–Trinajstić information content (AvgIpc) is 2.17. The maximum absolute atomic E-state index is 11.2. The fourth-order valence-electron chi connectivity index (χ4n) is 1.12. The van der Waals surface area contributed by atoms with Crippen molar-refractivity contribution in [1.29, 1.82) is 5.26 Å². The molecule has 14 heavy (non-hydrogen) atoms. The van der Waals surface area contributed by atoms with E-state index in [1.807, 2.05) is 6.07 Å². The highest BCUT2D eigenvalue weighted by atomic mass is 16.1. The van der Waals surface area contributed by atoms with E-state index >= 15 is 0 Å². The van der Waals surface area contributed by atoms with Crippen molar-refractivity contribution in [1.82, 2.24) is 0 Å². The predicted octanol–water partition coefficient (Wildman–Crippen LogP) is 1.32. The fraction of sp³-hybridized carbons (Fsp3) is 0.273. The van der Waals surface area contributed by atoms with Gasteiger partial charge in [-0.3, -0.25) is 4.79 Å². The lowest BCUT2D eigenvalue weighted by Gasteiger charge is -2.20. The first kappa shape index (κ1) is 10.3. The van der Waals surface area contributed by atoms with Crippen molar-refractivity contribution in [3.8, 4) is 6.07 Å². The molecule has 1 rings (SSSR count). The second kappa shape index (κ2) is 3.51. The highest BCUT2D eigenvalue weighted by molar-refractivity contribution is 5.85. The van der Waals surface area contributed by atoms with Gasteiger partial charge in [-0.1, -0.05) is 12.1 Å². The third-order valence-corrected chi connectivity index (χ3v) is 2.33. The molecular formula is C11H12N2O. The number of hydrogen-bond acceptors (Lipinski definition) is 2. The molecular weight excluding hydrogens is 176 g/mol. The van der Waals surface area contributed by atoms with Crippen LogP contribution in [-0.4, -0.2) is 5.91 Å². The van der Waals surface area contributed by atoms with E-state index in [0.717, 1.165) is 5.56 Å². The summed E-state index contributed by atoms with van der Waals surface area (Å²) in [7, 11) is 0. The molecule has 0 heterocycles. The highest BCUT2D eigenvalue weighted by Gasteiger charge is 2.27. The number of nitrogens with zero attached hydrogens (tertiary/aromatic N) is 1. The number of hydrogen-bond donors (Lipinski definition) is 1. The molecule has 3 heteroatoms. The topological polar surface area (TPSA) is 66.9 Å². The van der Waals surface area contributed by atoms with Crippen LogP contribution >= 0.6 is 0 Å². The smallest absolute Gasteiger partial charge is 0.227 e. The predicted molar refractivity (Wildman–Crippen MR) is 53.4 cm³/mol. The van der Waals surface area contributed by atoms with E-state index < -0.39 is 11.3 Å². The number of amides is 1. The SMILES string of the molecule is CC(C)(C(N)=O)c1cccc(C#N)c1. The molecule has 0 saturated heterocycles. The van der Waals surface area contributed by atoms with Crippen LogP contribution in [0.5, 0.6) is 0 Å². The summed E-state index contributed by atoms with van der Waals surface area (Å²) >= 11 is 0. The Kier molecular flexibility index (Phi) is 2.57. The van der Waals surface area contributed by atoms with Crippen LogP contribution in [-0.2, 0) is 10.2 Å². The molecule has 0 fully saturated rings. The average molecular weight is 188 g/mol. The third-order valence-electron chi connectivity index (χ3n) is 2.33. The monoisotopic (exact) mass is 188 g/mol. The normalized spacial score (nSPS) is 10.6. The number of nitriles is 1. The van der Waals surface area contributed by atoms with Gasteiger partial charge in [-0.2, -0.15) is 5.26 Å². The van der Waals surface area contributed by atoms with Gasteiger partial charge >= 0.3 is 0 Å². The molecule has 0 spiro atoms. The van der Waals surface area contributed by atoms with Crippen LogP contribution < -0.4 is 5.73 Å². The van der Waals surface area contributed by atoms with Crippen LogP contribution in [0, 0.1) is 11.3 Å². The second-order valence-electron chi connectivity index (χ2n) is 3.68. The lowest BCUT2D eigenvalue weighted by Crippen LogP contribution is -2.35. The van der Waals surface area contributed by atoms with Crippen molar-refractivity contribution in [2.75, 3.05) is 0 Å². The summed E-state index contributed by atoms with van der Waals surface area (Å²) < 4.78 is 0. The molecule has 1 aromatic rings. The maximum atomic E-state index is 11.2. The lowest BCUT2D eigenvalue weighted by molar-refractivity contribution is -0.122. The van der Waals surface area contributed by atoms with Gasteiger partial charge in [0, 0.05) is 0 Å². The fourth-order valence-corrected chi connectivity index (χ4v) is 1.12. The Morgan fingerprint density at radius 3 is 2.64 bits per heavy atom. The number of nitrogens with two attached hydrogens (primary N) is 1. The van der Waals surface area contributed by atoms with Crippen molar-refractivity contribution in [3.63, 3.8) is 0 Å². The van der Waals surface area contributed by atoms with E-state index in [9.17, 15) is 4.79 Å². The zero-order chi connectivity index (χ0) is 10.8. The van der Waals surface area contributed by atoms with Crippen LogP contribution in [0.25, 0.3) is 0 Å². The van der Waals surface area contributed by atoms with Gasteiger partial charge in [0.1, 0.15) is 0 Å². The number of carbonyl (C=O) groups is 1. The summed E-state index contributed by atoms with van der Waals surface area (Å²) in [5.41, 5.74) is 5.85. The quantitative estimate of drug-likeness (QED) is 0.760. The standard InChI is InChI=1S/C11H12N2O/c1-11(2,10(13)14)9-5-3-4-8(6-9)7-12/h3-6H,1-2H3,(H2,13,14). The van der Waals surface area contributed by atoms with Crippen molar-refractivity contribution >= 4 is 5.91 Å². The van der Waals surface area contributed by atoms with Gasteiger partial charge in [-0.05, 0) is 31.5 Å². The van der Waals surface area contributed by atoms with Crippen LogP contribution in [0.2, 0.25) is 0 Å². The molecule has 0 aliphatic carbocycles. The van der Waals surface area contributed by atoms with E-state index in [4.69, 9.17) is 11.0 Å². The largest absolute Gasteiger partial charge is 0.369 e. The summed E-state index contributed by atoms with van der Waals surface area (Å²) in [6, 6.07) is 8.95. The first-order valence-electron chi connectivity index (χ1n) is 4.29. The third kappa shape index (κ3) is 1.74. The molecule has 0 saturated carbocycles. The number of rotatable bonds is 2. The Bertz CT molecular complexity index is 402. The van der Waals surface area contributed by atoms with Gasteiger partial charge in [0.25, 0.3) is 0 Å². The summed E-state index contributed by atoms with van der Waals surface area (Å²) in [4.78, 5) is 11.2. The maximum Gasteiger partial charge on any atom is 0.227 e. The van der Waals surface area contributed by atoms with Crippen LogP contribution in [0.1, 0.15) is 25.0 Å². The summed E-state index contributed by atoms with van der Waals surface area (Å²) in [5, 5.41) is 8.70. The van der Waals surface area contributed by atoms with Crippen molar-refractivity contribution < 1.29 is 4.79 Å². The molecule has 1 aromatic carbocycles. The zero-order valence-electron chi connectivity index (χ0n) is 8.24. The van der Waals surface area contributed by atoms with E-state index in [0.29, 0.717) is 5.56 Å². The van der Waals surface area contributed by atoms with E-state index in [1.54, 1.807) is 38.1 Å². The van der Waals surface area contributed by atoms with Crippen molar-refractivity contribution in [2.45, 2.75) is 19.3 Å². The van der Waals surface area contributed by atoms with Crippen LogP contribution in [0.3, 0.4) is 0 Å². The minimum Gasteiger partial charge on any atom is -0.369 e. The number of primary amides is 1. The lowest BCUT2D eigenvalue weighted by atomic mass is 9.83. The summed E-state index contributed by atoms with van der Waals surface area (Å²) in [6.45, 7) is 3.48. The Hall–Kier alpha value is -1.82. The van der Waals surface area contributed by atoms with E-state index in [-0.39, 0.29) is 0 Å². The summed E-state index contributed by atoms with van der Waals surface area (Å²) in [6.07, 6.45) is 0. The molecule has 3 nitrogen and oxygen atoms in total. The highest BCUT2D eigenvalue weighted by Crippen LogP contribution is 2.23. The second-order valence-corrected chi connectivity index (χ2v) is 3.68. The van der Waals surface area contributed by atoms with Crippen molar-refractivity contribution in [3.05, 3.63) is 35.4 Å². The molecule has 0 bridgehead atoms. The van der Waals surface area contributed by atoms with E-state index in [2.05, 4.69) is 0 Å². The van der Waals surface area contributed by atoms with Crippen LogP contribution in [0.15, 0.2) is 24.3 Å². The zero-order valence-corrected chi connectivity index (χ0v) is 8.24. The number of benzene rings is 1. The Balaban J connectivity index is 3.21. The first-order chi connectivity index (χ1) is 6.48. The molecule has 0 unspecified atom stereocenters. The van der Waals surface area contributed by atoms with Gasteiger partial charge in [-0.25, -0.2) is 0 Å². The van der Waals surface area contributed by atoms with Gasteiger partial charge in [0.05, 0.1) is 17.0 Å². The molecule has 0 aliphatic heterocycles. The molecule has 0 aliphatic rings. The molecule has 0 atom stereocenters. The summed E-state index contributed by atoms with van der Waals surface area (Å²) in [5.74, 6) is -0.396. The Morgan fingerprint density at radius 2 is 2.14 bits per heavy atom. The van der Waals surface area contributed by atoms with Gasteiger partial charge in [0.15, 0.2) is 0 Å². The molecule has 2 N–H and O–H groups in total. The molecule has 0 aromatic heterocycles. The van der Waals surface area contributed by atoms with E-state index in [1.165, 1.54) is 0 Å². The minimum absolute atomic E-state index is 0.396. The van der Waals surface area contributed by atoms with Gasteiger partial charge < -0.3 is 5.73 Å². The molecule has 0 radical (unpaired) electrons. The van der Waals surface area contributed by atoms with Crippen LogP contribution in [0.4, 0.5) is 0 Å². The van der Waals surface area contributed by atoms with Crippen molar-refractivity contribution in [2.24, 2.45) is 5.73 Å². The van der Waals surface area contributed by atoms with Gasteiger partial charge in [-0.15, -0.1) is 0 Å². The molecule has 1 amide bonds. The molecule has 72 valence electrons. The van der Waals surface area contributed by atoms with Gasteiger partial charge in [0.2, 0.25) is 5.91 Å². The Labute approximate surface area is 83.2 Å². The minimum atomic E-state index is -0.729.